The van der Waals surface area contributed by atoms with Gasteiger partial charge in [-0.15, -0.1) is 10.2 Å². The Bertz CT molecular complexity index is 800. The van der Waals surface area contributed by atoms with Gasteiger partial charge in [0.25, 0.3) is 0 Å². The van der Waals surface area contributed by atoms with Crippen molar-refractivity contribution in [3.63, 3.8) is 0 Å². The van der Waals surface area contributed by atoms with Crippen molar-refractivity contribution in [2.24, 2.45) is 0 Å². The maximum atomic E-state index is 11.1. The molecule has 0 fully saturated rings. The number of carbonyl (C=O) groups is 1. The van der Waals surface area contributed by atoms with Crippen LogP contribution in [0.25, 0.3) is 5.65 Å². The van der Waals surface area contributed by atoms with E-state index in [4.69, 9.17) is 10.8 Å². The van der Waals surface area contributed by atoms with Crippen molar-refractivity contribution in [1.82, 2.24) is 14.6 Å². The Morgan fingerprint density at radius 3 is 2.90 bits per heavy atom. The van der Waals surface area contributed by atoms with Gasteiger partial charge in [-0.1, -0.05) is 6.07 Å². The first-order valence-corrected chi connectivity index (χ1v) is 6.57. The lowest BCUT2D eigenvalue weighted by Gasteiger charge is -2.04. The number of benzene rings is 1. The minimum atomic E-state index is -1.05. The van der Waals surface area contributed by atoms with Crippen LogP contribution in [0.3, 0.4) is 0 Å². The maximum absolute atomic E-state index is 11.1. The van der Waals surface area contributed by atoms with E-state index in [1.54, 1.807) is 12.1 Å². The van der Waals surface area contributed by atoms with Crippen molar-refractivity contribution in [3.05, 3.63) is 48.2 Å². The van der Waals surface area contributed by atoms with Crippen LogP contribution < -0.4 is 5.73 Å². The lowest BCUT2D eigenvalue weighted by Crippen LogP contribution is -2.02. The summed E-state index contributed by atoms with van der Waals surface area (Å²) in [6.07, 6.45) is 1.85. The molecular weight excluding hydrogens is 276 g/mol. The van der Waals surface area contributed by atoms with Gasteiger partial charge in [0.1, 0.15) is 0 Å². The fourth-order valence-electron chi connectivity index (χ4n) is 1.78. The van der Waals surface area contributed by atoms with Gasteiger partial charge in [0.15, 0.2) is 10.8 Å². The van der Waals surface area contributed by atoms with Gasteiger partial charge in [-0.3, -0.25) is 4.40 Å². The summed E-state index contributed by atoms with van der Waals surface area (Å²) in [7, 11) is 0. The van der Waals surface area contributed by atoms with Crippen molar-refractivity contribution < 1.29 is 9.90 Å². The number of hydrogen-bond acceptors (Lipinski definition) is 5. The number of pyridine rings is 1. The van der Waals surface area contributed by atoms with Crippen molar-refractivity contribution in [2.75, 3.05) is 5.73 Å². The maximum Gasteiger partial charge on any atom is 0.337 e. The molecule has 0 aliphatic carbocycles. The van der Waals surface area contributed by atoms with E-state index < -0.39 is 5.97 Å². The van der Waals surface area contributed by atoms with Crippen LogP contribution in [0, 0.1) is 0 Å². The summed E-state index contributed by atoms with van der Waals surface area (Å²) in [5.41, 5.74) is 6.70. The Morgan fingerprint density at radius 1 is 1.25 bits per heavy atom. The lowest BCUT2D eigenvalue weighted by atomic mass is 10.2. The summed E-state index contributed by atoms with van der Waals surface area (Å²) < 4.78 is 1.83. The molecular formula is C13H10N4O2S. The first-order chi connectivity index (χ1) is 9.65. The average molecular weight is 286 g/mol. The molecule has 20 heavy (non-hydrogen) atoms. The molecule has 0 aliphatic rings. The van der Waals surface area contributed by atoms with Crippen LogP contribution in [-0.2, 0) is 0 Å². The highest BCUT2D eigenvalue weighted by atomic mass is 32.2. The first-order valence-electron chi connectivity index (χ1n) is 5.75. The van der Waals surface area contributed by atoms with E-state index in [0.29, 0.717) is 5.16 Å². The van der Waals surface area contributed by atoms with Crippen LogP contribution >= 0.6 is 11.8 Å². The number of aromatic carboxylic acids is 1. The molecule has 0 amide bonds. The Kier molecular flexibility index (Phi) is 3.03. The largest absolute Gasteiger partial charge is 0.478 e. The van der Waals surface area contributed by atoms with Gasteiger partial charge in [-0.25, -0.2) is 4.79 Å². The topological polar surface area (TPSA) is 93.5 Å². The normalized spacial score (nSPS) is 10.8. The fraction of sp³-hybridized carbons (Fsp3) is 0. The smallest absolute Gasteiger partial charge is 0.337 e. The molecule has 7 heteroatoms. The van der Waals surface area contributed by atoms with Crippen molar-refractivity contribution in [3.8, 4) is 0 Å². The van der Waals surface area contributed by atoms with E-state index in [-0.39, 0.29) is 11.3 Å². The molecule has 1 aromatic carbocycles. The standard InChI is InChI=1S/C13H10N4O2S/c14-10-5-4-8(7-9(10)12(18)19)20-13-16-15-11-3-1-2-6-17(11)13/h1-7H,14H2,(H,18,19). The highest BCUT2D eigenvalue weighted by molar-refractivity contribution is 7.99. The van der Waals surface area contributed by atoms with Gasteiger partial charge in [0.2, 0.25) is 0 Å². The second kappa shape index (κ2) is 4.86. The molecule has 2 aromatic heterocycles. The molecule has 0 radical (unpaired) electrons. The number of carboxylic acids is 1. The predicted molar refractivity (Wildman–Crippen MR) is 74.9 cm³/mol. The van der Waals surface area contributed by atoms with Crippen LogP contribution in [0.15, 0.2) is 52.6 Å². The Balaban J connectivity index is 1.99. The van der Waals surface area contributed by atoms with Crippen LogP contribution in [0.4, 0.5) is 5.69 Å². The SMILES string of the molecule is Nc1ccc(Sc2nnc3ccccn23)cc1C(=O)O. The van der Waals surface area contributed by atoms with Gasteiger partial charge in [-0.05, 0) is 42.1 Å². The second-order valence-corrected chi connectivity index (χ2v) is 5.11. The Labute approximate surface area is 118 Å². The highest BCUT2D eigenvalue weighted by Gasteiger charge is 2.11. The number of nitrogens with zero attached hydrogens (tertiary/aromatic N) is 3. The van der Waals surface area contributed by atoms with Crippen molar-refractivity contribution in [2.45, 2.75) is 10.1 Å². The van der Waals surface area contributed by atoms with Crippen molar-refractivity contribution >= 4 is 29.1 Å². The minimum absolute atomic E-state index is 0.0869. The summed E-state index contributed by atoms with van der Waals surface area (Å²) in [6.45, 7) is 0. The molecule has 3 aromatic rings. The van der Waals surface area contributed by atoms with E-state index in [1.807, 2.05) is 28.8 Å². The summed E-state index contributed by atoms with van der Waals surface area (Å²) >= 11 is 1.33. The third-order valence-corrected chi connectivity index (χ3v) is 3.70. The third kappa shape index (κ3) is 2.19. The Morgan fingerprint density at radius 2 is 2.10 bits per heavy atom. The molecule has 2 heterocycles. The molecule has 0 saturated carbocycles. The van der Waals surface area contributed by atoms with Gasteiger partial charge < -0.3 is 10.8 Å². The molecule has 3 N–H and O–H groups in total. The number of hydrogen-bond donors (Lipinski definition) is 2. The minimum Gasteiger partial charge on any atom is -0.478 e. The molecule has 0 unspecified atom stereocenters. The third-order valence-electron chi connectivity index (χ3n) is 2.75. The predicted octanol–water partition coefficient (Wildman–Crippen LogP) is 2.16. The van der Waals surface area contributed by atoms with E-state index >= 15 is 0 Å². The number of aromatic nitrogens is 3. The molecule has 0 atom stereocenters. The summed E-state index contributed by atoms with van der Waals surface area (Å²) in [4.78, 5) is 11.8. The molecule has 100 valence electrons. The number of fused-ring (bicyclic) bond motifs is 1. The summed E-state index contributed by atoms with van der Waals surface area (Å²) in [5, 5.41) is 17.9. The van der Waals surface area contributed by atoms with Crippen LogP contribution in [0.2, 0.25) is 0 Å². The number of nitrogen functional groups attached to an aromatic ring is 1. The fourth-order valence-corrected chi connectivity index (χ4v) is 2.64. The van der Waals surface area contributed by atoms with Crippen LogP contribution in [0.1, 0.15) is 10.4 Å². The number of rotatable bonds is 3. The molecule has 3 rings (SSSR count). The van der Waals surface area contributed by atoms with Gasteiger partial charge in [0, 0.05) is 16.8 Å². The summed E-state index contributed by atoms with van der Waals surface area (Å²) in [6, 6.07) is 10.5. The van der Waals surface area contributed by atoms with E-state index in [2.05, 4.69) is 10.2 Å². The van der Waals surface area contributed by atoms with Gasteiger partial charge in [0.05, 0.1) is 5.56 Å². The van der Waals surface area contributed by atoms with E-state index in [1.165, 1.54) is 17.8 Å². The quantitative estimate of drug-likeness (QED) is 0.717. The molecule has 0 aliphatic heterocycles. The number of nitrogens with two attached hydrogens (primary N) is 1. The lowest BCUT2D eigenvalue weighted by molar-refractivity contribution is 0.0698. The molecule has 0 spiro atoms. The summed E-state index contributed by atoms with van der Waals surface area (Å²) in [5.74, 6) is -1.05. The zero-order valence-electron chi connectivity index (χ0n) is 10.2. The second-order valence-electron chi connectivity index (χ2n) is 4.07. The van der Waals surface area contributed by atoms with Gasteiger partial charge >= 0.3 is 5.97 Å². The monoisotopic (exact) mass is 286 g/mol. The Hall–Kier alpha value is -2.54. The van der Waals surface area contributed by atoms with E-state index in [9.17, 15) is 4.79 Å². The average Bonchev–Trinajstić information content (AvgIpc) is 2.84. The highest BCUT2D eigenvalue weighted by Crippen LogP contribution is 2.28. The molecule has 6 nitrogen and oxygen atoms in total. The zero-order chi connectivity index (χ0) is 14.1. The van der Waals surface area contributed by atoms with Gasteiger partial charge in [-0.2, -0.15) is 0 Å². The van der Waals surface area contributed by atoms with Crippen LogP contribution in [-0.4, -0.2) is 25.7 Å². The zero-order valence-corrected chi connectivity index (χ0v) is 11.0. The molecule has 0 saturated heterocycles. The number of carboxylic acid groups (broad SMARTS) is 1. The number of anilines is 1. The van der Waals surface area contributed by atoms with E-state index in [0.717, 1.165) is 10.5 Å². The van der Waals surface area contributed by atoms with Crippen LogP contribution in [0.5, 0.6) is 0 Å². The van der Waals surface area contributed by atoms with Crippen molar-refractivity contribution in [1.29, 1.82) is 0 Å². The first kappa shape index (κ1) is 12.5. The molecule has 0 bridgehead atoms.